The largest absolute Gasteiger partial charge is 0.297 e. The van der Waals surface area contributed by atoms with Gasteiger partial charge in [-0.2, -0.15) is 5.10 Å². The van der Waals surface area contributed by atoms with E-state index in [1.807, 2.05) is 34.3 Å². The van der Waals surface area contributed by atoms with Crippen molar-refractivity contribution in [2.45, 2.75) is 18.7 Å². The van der Waals surface area contributed by atoms with Crippen LogP contribution in [0.5, 0.6) is 0 Å². The van der Waals surface area contributed by atoms with Crippen molar-refractivity contribution in [3.8, 4) is 11.3 Å². The minimum atomic E-state index is -3.77. The molecule has 9 heteroatoms. The first kappa shape index (κ1) is 16.8. The van der Waals surface area contributed by atoms with Crippen LogP contribution >= 0.6 is 11.3 Å². The van der Waals surface area contributed by atoms with E-state index in [9.17, 15) is 8.42 Å². The number of nitrogens with one attached hydrogen (secondary N) is 1. The Morgan fingerprint density at radius 3 is 2.65 bits per heavy atom. The lowest BCUT2D eigenvalue weighted by Gasteiger charge is -2.11. The van der Waals surface area contributed by atoms with Gasteiger partial charge in [0.25, 0.3) is 10.0 Å². The van der Waals surface area contributed by atoms with E-state index in [1.54, 1.807) is 37.7 Å². The van der Waals surface area contributed by atoms with E-state index in [2.05, 4.69) is 14.8 Å². The van der Waals surface area contributed by atoms with Crippen LogP contribution in [0, 0.1) is 13.8 Å². The normalized spacial score (nSPS) is 12.0. The molecule has 3 heterocycles. The van der Waals surface area contributed by atoms with E-state index in [1.165, 1.54) is 11.3 Å². The van der Waals surface area contributed by atoms with E-state index in [-0.39, 0.29) is 4.90 Å². The molecule has 0 fully saturated rings. The molecule has 0 radical (unpaired) electrons. The van der Waals surface area contributed by atoms with Gasteiger partial charge in [-0.15, -0.1) is 11.3 Å². The van der Waals surface area contributed by atoms with E-state index < -0.39 is 10.0 Å². The van der Waals surface area contributed by atoms with Gasteiger partial charge in [-0.25, -0.2) is 13.4 Å². The molecule has 0 aliphatic rings. The molecule has 7 nitrogen and oxygen atoms in total. The van der Waals surface area contributed by atoms with Gasteiger partial charge in [0.05, 0.1) is 22.8 Å². The van der Waals surface area contributed by atoms with Crippen LogP contribution in [0.15, 0.2) is 46.9 Å². The average Bonchev–Trinajstić information content (AvgIpc) is 3.22. The molecule has 0 unspecified atom stereocenters. The summed E-state index contributed by atoms with van der Waals surface area (Å²) >= 11 is 1.53. The molecule has 1 N–H and O–H groups in total. The summed E-state index contributed by atoms with van der Waals surface area (Å²) in [5.41, 5.74) is 2.99. The third kappa shape index (κ3) is 2.69. The minimum Gasteiger partial charge on any atom is -0.297 e. The van der Waals surface area contributed by atoms with Gasteiger partial charge >= 0.3 is 0 Å². The number of imidazole rings is 1. The van der Waals surface area contributed by atoms with Crippen LogP contribution in [0.2, 0.25) is 0 Å². The van der Waals surface area contributed by atoms with Crippen molar-refractivity contribution in [1.82, 2.24) is 19.2 Å². The van der Waals surface area contributed by atoms with Gasteiger partial charge in [0.1, 0.15) is 4.90 Å². The molecule has 0 atom stereocenters. The summed E-state index contributed by atoms with van der Waals surface area (Å²) in [6.45, 7) is 3.43. The molecule has 134 valence electrons. The quantitative estimate of drug-likeness (QED) is 0.583. The highest BCUT2D eigenvalue weighted by molar-refractivity contribution is 7.92. The minimum absolute atomic E-state index is 0.209. The number of anilines is 1. The lowest BCUT2D eigenvalue weighted by Crippen LogP contribution is -2.15. The Hall–Kier alpha value is -2.65. The first-order valence-electron chi connectivity index (χ1n) is 7.91. The zero-order chi connectivity index (χ0) is 18.5. The summed E-state index contributed by atoms with van der Waals surface area (Å²) in [6.07, 6.45) is 3.81. The van der Waals surface area contributed by atoms with Crippen LogP contribution < -0.4 is 4.72 Å². The van der Waals surface area contributed by atoms with Crippen molar-refractivity contribution in [3.05, 3.63) is 53.4 Å². The summed E-state index contributed by atoms with van der Waals surface area (Å²) in [4.78, 5) is 5.64. The SMILES string of the molecule is Cc1nn(C)c(C)c1S(=O)(=O)Nc1ccccc1-c1cn2ccsc2n1. The van der Waals surface area contributed by atoms with Crippen LogP contribution in [-0.2, 0) is 17.1 Å². The highest BCUT2D eigenvalue weighted by Crippen LogP contribution is 2.31. The number of hydrogen-bond acceptors (Lipinski definition) is 5. The highest BCUT2D eigenvalue weighted by Gasteiger charge is 2.25. The number of aromatic nitrogens is 4. The predicted molar refractivity (Wildman–Crippen MR) is 102 cm³/mol. The highest BCUT2D eigenvalue weighted by atomic mass is 32.2. The van der Waals surface area contributed by atoms with Crippen LogP contribution in [0.4, 0.5) is 5.69 Å². The molecule has 4 rings (SSSR count). The van der Waals surface area contributed by atoms with Crippen molar-refractivity contribution in [2.24, 2.45) is 7.05 Å². The number of nitrogens with zero attached hydrogens (tertiary/aromatic N) is 4. The molecule has 1 aromatic carbocycles. The second-order valence-corrected chi connectivity index (χ2v) is 8.49. The predicted octanol–water partition coefficient (Wildman–Crippen LogP) is 3.21. The van der Waals surface area contributed by atoms with E-state index >= 15 is 0 Å². The molecular weight excluding hydrogens is 370 g/mol. The maximum Gasteiger partial charge on any atom is 0.265 e. The fraction of sp³-hybridized carbons (Fsp3) is 0.176. The van der Waals surface area contributed by atoms with Gasteiger partial charge in [-0.3, -0.25) is 13.8 Å². The van der Waals surface area contributed by atoms with Gasteiger partial charge in [-0.1, -0.05) is 18.2 Å². The molecule has 0 saturated carbocycles. The van der Waals surface area contributed by atoms with E-state index in [4.69, 9.17) is 0 Å². The number of fused-ring (bicyclic) bond motifs is 1. The Bertz CT molecular complexity index is 1190. The van der Waals surface area contributed by atoms with Crippen LogP contribution in [0.1, 0.15) is 11.4 Å². The third-order valence-corrected chi connectivity index (χ3v) is 6.64. The van der Waals surface area contributed by atoms with E-state index in [0.717, 1.165) is 16.2 Å². The second-order valence-electron chi connectivity index (χ2n) is 5.99. The molecule has 26 heavy (non-hydrogen) atoms. The van der Waals surface area contributed by atoms with Gasteiger partial charge < -0.3 is 0 Å². The van der Waals surface area contributed by atoms with Crippen LogP contribution in [-0.4, -0.2) is 27.6 Å². The number of benzene rings is 1. The number of rotatable bonds is 4. The first-order valence-corrected chi connectivity index (χ1v) is 10.3. The Morgan fingerprint density at radius 2 is 1.96 bits per heavy atom. The molecule has 0 aliphatic heterocycles. The van der Waals surface area contributed by atoms with Crippen molar-refractivity contribution in [2.75, 3.05) is 4.72 Å². The van der Waals surface area contributed by atoms with E-state index in [0.29, 0.717) is 17.1 Å². The monoisotopic (exact) mass is 387 g/mol. The summed E-state index contributed by atoms with van der Waals surface area (Å²) < 4.78 is 32.1. The Morgan fingerprint density at radius 1 is 1.19 bits per heavy atom. The number of hydrogen-bond donors (Lipinski definition) is 1. The van der Waals surface area contributed by atoms with Crippen LogP contribution in [0.3, 0.4) is 0 Å². The lowest BCUT2D eigenvalue weighted by atomic mass is 10.1. The van der Waals surface area contributed by atoms with Gasteiger partial charge in [-0.05, 0) is 19.9 Å². The maximum absolute atomic E-state index is 13.0. The molecular formula is C17H17N5O2S2. The molecule has 0 bridgehead atoms. The molecule has 0 saturated heterocycles. The summed E-state index contributed by atoms with van der Waals surface area (Å²) in [6, 6.07) is 7.25. The second kappa shape index (κ2) is 5.96. The molecule has 4 aromatic rings. The third-order valence-electron chi connectivity index (χ3n) is 4.25. The van der Waals surface area contributed by atoms with Crippen molar-refractivity contribution >= 4 is 32.0 Å². The lowest BCUT2D eigenvalue weighted by molar-refractivity contribution is 0.599. The smallest absolute Gasteiger partial charge is 0.265 e. The number of aryl methyl sites for hydroxylation is 2. The van der Waals surface area contributed by atoms with Gasteiger partial charge in [0.2, 0.25) is 0 Å². The number of para-hydroxylation sites is 1. The molecule has 0 aliphatic carbocycles. The fourth-order valence-electron chi connectivity index (χ4n) is 2.99. The van der Waals surface area contributed by atoms with Crippen LogP contribution in [0.25, 0.3) is 16.2 Å². The average molecular weight is 387 g/mol. The molecule has 0 spiro atoms. The maximum atomic E-state index is 13.0. The first-order chi connectivity index (χ1) is 12.4. The Balaban J connectivity index is 1.78. The summed E-state index contributed by atoms with van der Waals surface area (Å²) in [7, 11) is -2.04. The summed E-state index contributed by atoms with van der Waals surface area (Å²) in [5.74, 6) is 0. The molecule has 0 amide bonds. The number of thiazole rings is 1. The zero-order valence-electron chi connectivity index (χ0n) is 14.5. The summed E-state index contributed by atoms with van der Waals surface area (Å²) in [5, 5.41) is 6.16. The Labute approximate surface area is 155 Å². The van der Waals surface area contributed by atoms with Gasteiger partial charge in [0, 0.05) is 30.4 Å². The standard InChI is InChI=1S/C17H17N5O2S2/c1-11-16(12(2)21(3)19-11)26(23,24)20-14-7-5-4-6-13(14)15-10-22-8-9-25-17(22)18-15/h4-10,20H,1-3H3. The van der Waals surface area contributed by atoms with Crippen molar-refractivity contribution in [1.29, 1.82) is 0 Å². The topological polar surface area (TPSA) is 81.3 Å². The van der Waals surface area contributed by atoms with Crippen molar-refractivity contribution in [3.63, 3.8) is 0 Å². The molecule has 3 aromatic heterocycles. The van der Waals surface area contributed by atoms with Gasteiger partial charge in [0.15, 0.2) is 4.96 Å². The fourth-order valence-corrected chi connectivity index (χ4v) is 5.21. The zero-order valence-corrected chi connectivity index (χ0v) is 16.1. The van der Waals surface area contributed by atoms with Crippen molar-refractivity contribution < 1.29 is 8.42 Å². The number of sulfonamides is 1. The Kier molecular flexibility index (Phi) is 3.85.